The van der Waals surface area contributed by atoms with Crippen LogP contribution in [0.3, 0.4) is 0 Å². The van der Waals surface area contributed by atoms with Gasteiger partial charge in [0.1, 0.15) is 0 Å². The average molecular weight is 479 g/mol. The second-order valence-electron chi connectivity index (χ2n) is 8.24. The molecule has 0 amide bonds. The van der Waals surface area contributed by atoms with Crippen LogP contribution in [-0.2, 0) is 11.3 Å². The Hall–Kier alpha value is -2.70. The molecular weight excluding hydrogens is 448 g/mol. The molecule has 1 fully saturated rings. The molecule has 4 rings (SSSR count). The largest absolute Gasteiger partial charge is 0.493 e. The minimum absolute atomic E-state index is 0.199. The zero-order valence-corrected chi connectivity index (χ0v) is 20.7. The van der Waals surface area contributed by atoms with Crippen LogP contribution in [0.15, 0.2) is 77.7 Å². The minimum Gasteiger partial charge on any atom is -0.493 e. The molecule has 0 aliphatic heterocycles. The summed E-state index contributed by atoms with van der Waals surface area (Å²) in [7, 11) is 3.33. The van der Waals surface area contributed by atoms with Crippen LogP contribution in [0.1, 0.15) is 36.8 Å². The smallest absolute Gasteiger partial charge is 0.171 e. The van der Waals surface area contributed by atoms with E-state index in [-0.39, 0.29) is 5.54 Å². The van der Waals surface area contributed by atoms with Crippen molar-refractivity contribution in [2.75, 3.05) is 19.5 Å². The molecule has 3 aromatic carbocycles. The van der Waals surface area contributed by atoms with E-state index in [2.05, 4.69) is 71.3 Å². The molecule has 0 aromatic heterocycles. The van der Waals surface area contributed by atoms with E-state index in [0.29, 0.717) is 5.11 Å². The monoisotopic (exact) mass is 478 g/mol. The molecule has 0 unspecified atom stereocenters. The molecule has 2 N–H and O–H groups in total. The number of thiocarbonyl (C=S) groups is 1. The highest BCUT2D eigenvalue weighted by atomic mass is 32.2. The Morgan fingerprint density at radius 1 is 0.909 bits per heavy atom. The molecule has 0 heterocycles. The van der Waals surface area contributed by atoms with Crippen molar-refractivity contribution in [1.29, 1.82) is 0 Å². The fraction of sp³-hybridized carbons (Fsp3) is 0.296. The predicted octanol–water partition coefficient (Wildman–Crippen LogP) is 6.75. The zero-order valence-electron chi connectivity index (χ0n) is 19.1. The Morgan fingerprint density at radius 2 is 1.61 bits per heavy atom. The maximum Gasteiger partial charge on any atom is 0.171 e. The molecule has 1 aliphatic rings. The molecule has 3 aromatic rings. The first-order valence-electron chi connectivity index (χ1n) is 11.2. The van der Waals surface area contributed by atoms with Gasteiger partial charge in [0.15, 0.2) is 16.6 Å². The first kappa shape index (κ1) is 23.5. The van der Waals surface area contributed by atoms with Crippen molar-refractivity contribution in [3.05, 3.63) is 83.9 Å². The van der Waals surface area contributed by atoms with Crippen LogP contribution in [0, 0.1) is 0 Å². The molecule has 0 spiro atoms. The summed E-state index contributed by atoms with van der Waals surface area (Å²) in [4.78, 5) is 1.28. The van der Waals surface area contributed by atoms with Crippen molar-refractivity contribution in [2.24, 2.45) is 0 Å². The maximum atomic E-state index is 5.72. The van der Waals surface area contributed by atoms with Gasteiger partial charge in [0.25, 0.3) is 0 Å². The SMILES string of the molecule is COc1ccc(C2(NC(=S)Nc3ccc(CSc4ccccc4)cc3)CCCC2)cc1OC. The lowest BCUT2D eigenvalue weighted by atomic mass is 9.88. The molecule has 0 saturated heterocycles. The zero-order chi connectivity index (χ0) is 23.1. The summed E-state index contributed by atoms with van der Waals surface area (Å²) in [5.41, 5.74) is 3.25. The van der Waals surface area contributed by atoms with Gasteiger partial charge < -0.3 is 20.1 Å². The van der Waals surface area contributed by atoms with E-state index in [9.17, 15) is 0 Å². The predicted molar refractivity (Wildman–Crippen MR) is 141 cm³/mol. The molecule has 1 saturated carbocycles. The summed E-state index contributed by atoms with van der Waals surface area (Å²) in [6.45, 7) is 0. The van der Waals surface area contributed by atoms with Crippen LogP contribution in [0.4, 0.5) is 5.69 Å². The summed E-state index contributed by atoms with van der Waals surface area (Å²) in [5, 5.41) is 7.64. The van der Waals surface area contributed by atoms with Crippen LogP contribution in [0.5, 0.6) is 11.5 Å². The summed E-state index contributed by atoms with van der Waals surface area (Å²) >= 11 is 7.56. The van der Waals surface area contributed by atoms with Crippen LogP contribution in [-0.4, -0.2) is 19.3 Å². The second kappa shape index (κ2) is 10.9. The molecule has 6 heteroatoms. The summed E-state index contributed by atoms with van der Waals surface area (Å²) in [6, 6.07) is 25.1. The van der Waals surface area contributed by atoms with E-state index >= 15 is 0 Å². The van der Waals surface area contributed by atoms with Gasteiger partial charge >= 0.3 is 0 Å². The van der Waals surface area contributed by atoms with Gasteiger partial charge in [-0.25, -0.2) is 0 Å². The fourth-order valence-electron chi connectivity index (χ4n) is 4.35. The lowest BCUT2D eigenvalue weighted by Crippen LogP contribution is -2.45. The number of nitrogens with one attached hydrogen (secondary N) is 2. The van der Waals surface area contributed by atoms with Gasteiger partial charge in [0, 0.05) is 16.3 Å². The Bertz CT molecular complexity index is 1070. The van der Waals surface area contributed by atoms with Crippen molar-refractivity contribution in [1.82, 2.24) is 5.32 Å². The standard InChI is InChI=1S/C27H30N2O2S2/c1-30-24-15-12-21(18-25(24)31-2)27(16-6-7-17-27)29-26(32)28-22-13-10-20(11-14-22)19-33-23-8-4-3-5-9-23/h3-5,8-15,18H,6-7,16-17,19H2,1-2H3,(H2,28,29,32). The summed E-state index contributed by atoms with van der Waals surface area (Å²) < 4.78 is 11.0. The lowest BCUT2D eigenvalue weighted by molar-refractivity contribution is 0.350. The topological polar surface area (TPSA) is 42.5 Å². The molecule has 33 heavy (non-hydrogen) atoms. The Balaban J connectivity index is 1.40. The number of anilines is 1. The molecule has 4 nitrogen and oxygen atoms in total. The molecule has 0 bridgehead atoms. The number of hydrogen-bond acceptors (Lipinski definition) is 4. The van der Waals surface area contributed by atoms with E-state index in [1.807, 2.05) is 23.9 Å². The molecule has 0 atom stereocenters. The Kier molecular flexibility index (Phi) is 7.78. The number of methoxy groups -OCH3 is 2. The van der Waals surface area contributed by atoms with Crippen molar-refractivity contribution in [3.63, 3.8) is 0 Å². The quantitative estimate of drug-likeness (QED) is 0.276. The summed E-state index contributed by atoms with van der Waals surface area (Å²) in [6.07, 6.45) is 4.38. The van der Waals surface area contributed by atoms with Gasteiger partial charge in [0.2, 0.25) is 0 Å². The van der Waals surface area contributed by atoms with Gasteiger partial charge in [0.05, 0.1) is 19.8 Å². The van der Waals surface area contributed by atoms with Gasteiger partial charge in [-0.15, -0.1) is 11.8 Å². The van der Waals surface area contributed by atoms with Crippen LogP contribution in [0.2, 0.25) is 0 Å². The number of hydrogen-bond donors (Lipinski definition) is 2. The van der Waals surface area contributed by atoms with Gasteiger partial charge in [-0.3, -0.25) is 0 Å². The van der Waals surface area contributed by atoms with E-state index < -0.39 is 0 Å². The third kappa shape index (κ3) is 5.81. The highest BCUT2D eigenvalue weighted by molar-refractivity contribution is 7.98. The molecule has 172 valence electrons. The third-order valence-corrected chi connectivity index (χ3v) is 7.39. The van der Waals surface area contributed by atoms with Crippen molar-refractivity contribution in [3.8, 4) is 11.5 Å². The Labute approximate surface area is 206 Å². The number of rotatable bonds is 8. The molecular formula is C27H30N2O2S2. The van der Waals surface area contributed by atoms with Crippen molar-refractivity contribution in [2.45, 2.75) is 41.9 Å². The van der Waals surface area contributed by atoms with E-state index in [0.717, 1.165) is 48.6 Å². The average Bonchev–Trinajstić information content (AvgIpc) is 3.33. The first-order chi connectivity index (χ1) is 16.1. The normalized spacial score (nSPS) is 14.5. The number of ether oxygens (including phenoxy) is 2. The lowest BCUT2D eigenvalue weighted by Gasteiger charge is -2.33. The van der Waals surface area contributed by atoms with Crippen molar-refractivity contribution >= 4 is 34.8 Å². The van der Waals surface area contributed by atoms with Crippen LogP contribution < -0.4 is 20.1 Å². The van der Waals surface area contributed by atoms with Crippen LogP contribution in [0.25, 0.3) is 0 Å². The number of thioether (sulfide) groups is 1. The van der Waals surface area contributed by atoms with Crippen LogP contribution >= 0.6 is 24.0 Å². The van der Waals surface area contributed by atoms with E-state index in [4.69, 9.17) is 21.7 Å². The highest BCUT2D eigenvalue weighted by Crippen LogP contribution is 2.41. The van der Waals surface area contributed by atoms with E-state index in [1.54, 1.807) is 14.2 Å². The van der Waals surface area contributed by atoms with Gasteiger partial charge in [-0.2, -0.15) is 0 Å². The van der Waals surface area contributed by atoms with E-state index in [1.165, 1.54) is 16.0 Å². The van der Waals surface area contributed by atoms with Gasteiger partial charge in [-0.1, -0.05) is 49.2 Å². The highest BCUT2D eigenvalue weighted by Gasteiger charge is 2.37. The summed E-state index contributed by atoms with van der Waals surface area (Å²) in [5.74, 6) is 2.42. The third-order valence-electron chi connectivity index (χ3n) is 6.11. The second-order valence-corrected chi connectivity index (χ2v) is 9.69. The minimum atomic E-state index is -0.199. The first-order valence-corrected chi connectivity index (χ1v) is 12.6. The Morgan fingerprint density at radius 3 is 2.27 bits per heavy atom. The molecule has 1 aliphatic carbocycles. The van der Waals surface area contributed by atoms with Gasteiger partial charge in [-0.05, 0) is 72.6 Å². The van der Waals surface area contributed by atoms with Crippen molar-refractivity contribution < 1.29 is 9.47 Å². The number of benzene rings is 3. The fourth-order valence-corrected chi connectivity index (χ4v) is 5.53. The maximum absolute atomic E-state index is 5.72. The molecule has 0 radical (unpaired) electrons.